The van der Waals surface area contributed by atoms with E-state index in [-0.39, 0.29) is 5.56 Å². The first-order valence-corrected chi connectivity index (χ1v) is 18.9. The van der Waals surface area contributed by atoms with E-state index in [1.807, 2.05) is 97.1 Å². The number of para-hydroxylation sites is 4. The summed E-state index contributed by atoms with van der Waals surface area (Å²) in [5, 5.41) is 40.3. The fourth-order valence-corrected chi connectivity index (χ4v) is 9.27. The summed E-state index contributed by atoms with van der Waals surface area (Å²) in [4.78, 5) is 0. The van der Waals surface area contributed by atoms with E-state index >= 15 is 0 Å². The predicted octanol–water partition coefficient (Wildman–Crippen LogP) is 13.0. The first-order chi connectivity index (χ1) is 28.6. The van der Waals surface area contributed by atoms with Crippen molar-refractivity contribution >= 4 is 87.5 Å². The van der Waals surface area contributed by atoms with E-state index in [4.69, 9.17) is 8.83 Å². The third kappa shape index (κ3) is 4.18. The van der Waals surface area contributed by atoms with Crippen LogP contribution in [0.25, 0.3) is 110 Å². The molecule has 0 spiro atoms. The van der Waals surface area contributed by atoms with Crippen LogP contribution in [-0.2, 0) is 0 Å². The molecule has 0 saturated carbocycles. The van der Waals surface area contributed by atoms with Gasteiger partial charge < -0.3 is 18.0 Å². The summed E-state index contributed by atoms with van der Waals surface area (Å²) in [6.45, 7) is 0. The van der Waals surface area contributed by atoms with Gasteiger partial charge in [0.1, 0.15) is 22.3 Å². The summed E-state index contributed by atoms with van der Waals surface area (Å²) in [6.07, 6.45) is 0. The van der Waals surface area contributed by atoms with Gasteiger partial charge >= 0.3 is 0 Å². The van der Waals surface area contributed by atoms with Gasteiger partial charge in [0, 0.05) is 49.1 Å². The minimum atomic E-state index is 0.289. The second-order valence-corrected chi connectivity index (χ2v) is 14.6. The molecule has 0 bridgehead atoms. The highest BCUT2D eigenvalue weighted by Gasteiger charge is 2.25. The molecule has 4 heterocycles. The van der Waals surface area contributed by atoms with Crippen LogP contribution in [0, 0.1) is 34.0 Å². The van der Waals surface area contributed by atoms with E-state index in [1.165, 1.54) is 0 Å². The molecule has 0 atom stereocenters. The molecule has 0 saturated heterocycles. The molecular formula is C51H25N5O2. The molecule has 0 aliphatic carbocycles. The van der Waals surface area contributed by atoms with Crippen molar-refractivity contribution in [2.75, 3.05) is 0 Å². The Morgan fingerprint density at radius 2 is 0.948 bits per heavy atom. The summed E-state index contributed by atoms with van der Waals surface area (Å²) in [5.41, 5.74) is 10.4. The number of hydrogen-bond donors (Lipinski definition) is 0. The van der Waals surface area contributed by atoms with E-state index < -0.39 is 0 Å². The number of rotatable bonds is 3. The molecule has 7 heteroatoms. The zero-order valence-electron chi connectivity index (χ0n) is 30.5. The van der Waals surface area contributed by atoms with E-state index in [0.29, 0.717) is 27.9 Å². The van der Waals surface area contributed by atoms with E-state index in [1.54, 1.807) is 6.07 Å². The van der Waals surface area contributed by atoms with Gasteiger partial charge in [-0.3, -0.25) is 0 Å². The van der Waals surface area contributed by atoms with Crippen LogP contribution in [0.2, 0.25) is 0 Å². The van der Waals surface area contributed by atoms with Gasteiger partial charge in [-0.05, 0) is 72.8 Å². The second-order valence-electron chi connectivity index (χ2n) is 14.6. The number of aromatic nitrogens is 2. The Bertz CT molecular complexity index is 3910. The predicted molar refractivity (Wildman–Crippen MR) is 229 cm³/mol. The Labute approximate surface area is 329 Å². The lowest BCUT2D eigenvalue weighted by Crippen LogP contribution is -2.03. The van der Waals surface area contributed by atoms with Crippen LogP contribution in [0.15, 0.2) is 160 Å². The molecule has 0 radical (unpaired) electrons. The minimum Gasteiger partial charge on any atom is -0.456 e. The Hall–Kier alpha value is -8.57. The summed E-state index contributed by atoms with van der Waals surface area (Å²) in [6, 6.07) is 57.1. The molecule has 0 amide bonds. The molecule has 8 aromatic carbocycles. The van der Waals surface area contributed by atoms with Crippen molar-refractivity contribution in [3.63, 3.8) is 0 Å². The summed E-state index contributed by atoms with van der Waals surface area (Å²) in [5.74, 6) is 0. The van der Waals surface area contributed by atoms with Crippen molar-refractivity contribution < 1.29 is 8.83 Å². The zero-order valence-corrected chi connectivity index (χ0v) is 30.5. The average Bonchev–Trinajstić information content (AvgIpc) is 4.03. The first kappa shape index (κ1) is 31.7. The van der Waals surface area contributed by atoms with Crippen LogP contribution in [-0.4, -0.2) is 9.13 Å². The first-order valence-electron chi connectivity index (χ1n) is 18.9. The number of nitriles is 3. The van der Waals surface area contributed by atoms with E-state index in [0.717, 1.165) is 93.2 Å². The van der Waals surface area contributed by atoms with Crippen LogP contribution in [0.4, 0.5) is 0 Å². The molecule has 4 aromatic heterocycles. The summed E-state index contributed by atoms with van der Waals surface area (Å²) in [7, 11) is 0. The lowest BCUT2D eigenvalue weighted by atomic mass is 9.92. The van der Waals surface area contributed by atoms with Gasteiger partial charge in [0.05, 0.1) is 73.4 Å². The van der Waals surface area contributed by atoms with Crippen molar-refractivity contribution in [1.82, 2.24) is 9.13 Å². The minimum absolute atomic E-state index is 0.289. The van der Waals surface area contributed by atoms with Crippen molar-refractivity contribution in [3.8, 4) is 40.7 Å². The smallest absolute Gasteiger partial charge is 0.137 e. The van der Waals surface area contributed by atoms with Gasteiger partial charge in [0.15, 0.2) is 0 Å². The van der Waals surface area contributed by atoms with Crippen LogP contribution in [0.5, 0.6) is 0 Å². The molecule has 12 aromatic rings. The molecule has 7 nitrogen and oxygen atoms in total. The molecule has 0 fully saturated rings. The van der Waals surface area contributed by atoms with Crippen LogP contribution >= 0.6 is 0 Å². The molecule has 12 rings (SSSR count). The Morgan fingerprint density at radius 1 is 0.414 bits per heavy atom. The number of hydrogen-bond acceptors (Lipinski definition) is 5. The van der Waals surface area contributed by atoms with Crippen LogP contribution in [0.3, 0.4) is 0 Å². The summed E-state index contributed by atoms with van der Waals surface area (Å²) >= 11 is 0. The maximum Gasteiger partial charge on any atom is 0.137 e. The molecular weight excluding hydrogens is 715 g/mol. The third-order valence-electron chi connectivity index (χ3n) is 11.6. The van der Waals surface area contributed by atoms with Gasteiger partial charge in [-0.15, -0.1) is 0 Å². The third-order valence-corrected chi connectivity index (χ3v) is 11.6. The van der Waals surface area contributed by atoms with Crippen molar-refractivity contribution in [2.24, 2.45) is 0 Å². The number of nitrogens with zero attached hydrogens (tertiary/aromatic N) is 5. The van der Waals surface area contributed by atoms with Crippen LogP contribution in [0.1, 0.15) is 16.7 Å². The van der Waals surface area contributed by atoms with Gasteiger partial charge in [0.2, 0.25) is 0 Å². The fourth-order valence-electron chi connectivity index (χ4n) is 9.27. The highest BCUT2D eigenvalue weighted by atomic mass is 16.3. The number of benzene rings is 8. The number of furan rings is 2. The fraction of sp³-hybridized carbons (Fsp3) is 0. The Balaban J connectivity index is 1.19. The van der Waals surface area contributed by atoms with Crippen LogP contribution < -0.4 is 0 Å². The zero-order chi connectivity index (χ0) is 38.6. The maximum atomic E-state index is 11.0. The Kier molecular flexibility index (Phi) is 6.41. The van der Waals surface area contributed by atoms with Gasteiger partial charge in [-0.2, -0.15) is 15.8 Å². The van der Waals surface area contributed by atoms with Crippen molar-refractivity contribution in [2.45, 2.75) is 0 Å². The van der Waals surface area contributed by atoms with Gasteiger partial charge in [-0.1, -0.05) is 78.9 Å². The highest BCUT2D eigenvalue weighted by molar-refractivity contribution is 6.26. The molecule has 0 unspecified atom stereocenters. The lowest BCUT2D eigenvalue weighted by Gasteiger charge is -2.18. The SMILES string of the molecule is N#Cc1cc(C#N)c(-c2ccc(-n3c4ccccc4c4ccc5oc6ccccc6c5c43)cc2C#N)c(-n2c3ccccc3c3ccc4oc5ccccc5c4c32)c1. The van der Waals surface area contributed by atoms with Gasteiger partial charge in [-0.25, -0.2) is 0 Å². The highest BCUT2D eigenvalue weighted by Crippen LogP contribution is 2.45. The molecule has 0 aliphatic heterocycles. The maximum absolute atomic E-state index is 11.0. The monoisotopic (exact) mass is 739 g/mol. The van der Waals surface area contributed by atoms with E-state index in [9.17, 15) is 15.8 Å². The summed E-state index contributed by atoms with van der Waals surface area (Å²) < 4.78 is 17.1. The second kappa shape index (κ2) is 11.7. The standard InChI is InChI=1S/C51H25N5O2/c52-26-29-23-31(28-54)47(42(24-29)56-41-14-6-2-10-35(41)37-20-22-46-49(51(37)56)39-12-4-8-16-44(39)58-46)33-18-17-32(25-30(33)27-53)55-40-13-5-1-9-34(40)36-19-21-45-48(50(36)55)38-11-3-7-15-43(38)57-45/h1-25H. The lowest BCUT2D eigenvalue weighted by molar-refractivity contribution is 0.669. The number of fused-ring (bicyclic) bond motifs is 14. The molecule has 0 aliphatic rings. The van der Waals surface area contributed by atoms with E-state index in [2.05, 4.69) is 75.9 Å². The Morgan fingerprint density at radius 3 is 1.53 bits per heavy atom. The normalized spacial score (nSPS) is 11.7. The molecule has 266 valence electrons. The molecule has 0 N–H and O–H groups in total. The topological polar surface area (TPSA) is 108 Å². The quantitative estimate of drug-likeness (QED) is 0.179. The van der Waals surface area contributed by atoms with Crippen molar-refractivity contribution in [3.05, 3.63) is 168 Å². The molecule has 58 heavy (non-hydrogen) atoms. The van der Waals surface area contributed by atoms with Crippen molar-refractivity contribution in [1.29, 1.82) is 15.8 Å². The average molecular weight is 740 g/mol. The largest absolute Gasteiger partial charge is 0.456 e. The van der Waals surface area contributed by atoms with Gasteiger partial charge in [0.25, 0.3) is 0 Å².